The number of hydrogen-bond acceptors (Lipinski definition) is 6. The average Bonchev–Trinajstić information content (AvgIpc) is 2.86. The largest absolute Gasteiger partial charge is 0.464 e. The first kappa shape index (κ1) is 23.6. The van der Waals surface area contributed by atoms with Gasteiger partial charge < -0.3 is 15.3 Å². The summed E-state index contributed by atoms with van der Waals surface area (Å²) in [5.74, 6) is -1.51. The molecule has 0 aliphatic rings. The van der Waals surface area contributed by atoms with Crippen molar-refractivity contribution < 1.29 is 29.7 Å². The molecule has 0 saturated carbocycles. The lowest BCUT2D eigenvalue weighted by Crippen LogP contribution is -2.32. The molecule has 0 bridgehead atoms. The molecule has 3 amide bonds. The SMILES string of the molecule is O=C(O)N(c1ccccc1)c1nc(N(C(=O)O)c2ccccc2)nc(N(C(=O)O)c2ccccc2)n1. The minimum absolute atomic E-state index is 0.149. The van der Waals surface area contributed by atoms with Crippen molar-refractivity contribution in [3.8, 4) is 0 Å². The van der Waals surface area contributed by atoms with Crippen LogP contribution >= 0.6 is 0 Å². The van der Waals surface area contributed by atoms with Gasteiger partial charge in [-0.25, -0.2) is 29.1 Å². The van der Waals surface area contributed by atoms with E-state index >= 15 is 0 Å². The van der Waals surface area contributed by atoms with E-state index in [9.17, 15) is 29.7 Å². The Kier molecular flexibility index (Phi) is 6.68. The molecule has 12 heteroatoms. The molecule has 0 unspecified atom stereocenters. The molecular formula is C24H18N6O6. The molecule has 0 radical (unpaired) electrons. The zero-order valence-electron chi connectivity index (χ0n) is 18.4. The molecule has 3 aromatic carbocycles. The van der Waals surface area contributed by atoms with Crippen LogP contribution in [0.4, 0.5) is 49.3 Å². The van der Waals surface area contributed by atoms with Crippen LogP contribution < -0.4 is 14.7 Å². The third-order valence-corrected chi connectivity index (χ3v) is 4.82. The summed E-state index contributed by atoms with van der Waals surface area (Å²) in [5.41, 5.74) is 0.448. The summed E-state index contributed by atoms with van der Waals surface area (Å²) < 4.78 is 0. The fourth-order valence-corrected chi connectivity index (χ4v) is 3.31. The second kappa shape index (κ2) is 10.2. The maximum Gasteiger partial charge on any atom is 0.418 e. The number of carboxylic acid groups (broad SMARTS) is 3. The summed E-state index contributed by atoms with van der Waals surface area (Å²) in [6, 6.07) is 23.5. The second-order valence-electron chi connectivity index (χ2n) is 7.10. The van der Waals surface area contributed by atoms with Gasteiger partial charge in [-0.15, -0.1) is 0 Å². The van der Waals surface area contributed by atoms with Crippen LogP contribution in [0, 0.1) is 0 Å². The fourth-order valence-electron chi connectivity index (χ4n) is 3.31. The van der Waals surface area contributed by atoms with Gasteiger partial charge in [-0.3, -0.25) is 0 Å². The third kappa shape index (κ3) is 4.87. The van der Waals surface area contributed by atoms with Gasteiger partial charge in [0.25, 0.3) is 0 Å². The quantitative estimate of drug-likeness (QED) is 0.327. The first-order valence-corrected chi connectivity index (χ1v) is 10.4. The highest BCUT2D eigenvalue weighted by atomic mass is 16.4. The molecule has 4 rings (SSSR count). The maximum absolute atomic E-state index is 12.2. The van der Waals surface area contributed by atoms with E-state index in [1.165, 1.54) is 36.4 Å². The Morgan fingerprint density at radius 1 is 0.444 bits per heavy atom. The number of hydrogen-bond donors (Lipinski definition) is 3. The number of nitrogens with zero attached hydrogens (tertiary/aromatic N) is 6. The van der Waals surface area contributed by atoms with Crippen molar-refractivity contribution in [1.82, 2.24) is 15.0 Å². The summed E-state index contributed by atoms with van der Waals surface area (Å²) in [6.07, 6.45) is -4.44. The second-order valence-corrected chi connectivity index (χ2v) is 7.10. The molecule has 0 saturated heterocycles. The first-order valence-electron chi connectivity index (χ1n) is 10.4. The van der Waals surface area contributed by atoms with Crippen molar-refractivity contribution in [2.24, 2.45) is 0 Å². The third-order valence-electron chi connectivity index (χ3n) is 4.82. The molecule has 1 heterocycles. The van der Waals surface area contributed by atoms with E-state index in [0.29, 0.717) is 14.7 Å². The number of anilines is 6. The fraction of sp³-hybridized carbons (Fsp3) is 0. The summed E-state index contributed by atoms with van der Waals surface area (Å²) in [7, 11) is 0. The van der Waals surface area contributed by atoms with E-state index in [1.54, 1.807) is 54.6 Å². The number of amides is 3. The van der Waals surface area contributed by atoms with Gasteiger partial charge in [-0.05, 0) is 36.4 Å². The molecular weight excluding hydrogens is 468 g/mol. The van der Waals surface area contributed by atoms with E-state index in [2.05, 4.69) is 15.0 Å². The number of para-hydroxylation sites is 3. The molecule has 12 nitrogen and oxygen atoms in total. The van der Waals surface area contributed by atoms with Crippen LogP contribution in [0.3, 0.4) is 0 Å². The summed E-state index contributed by atoms with van der Waals surface area (Å²) >= 11 is 0. The van der Waals surface area contributed by atoms with E-state index in [1.807, 2.05) is 0 Å². The van der Waals surface area contributed by atoms with Crippen LogP contribution in [0.5, 0.6) is 0 Å². The molecule has 4 aromatic rings. The predicted octanol–water partition coefficient (Wildman–Crippen LogP) is 5.32. The monoisotopic (exact) mass is 486 g/mol. The van der Waals surface area contributed by atoms with Gasteiger partial charge in [0.1, 0.15) is 0 Å². The van der Waals surface area contributed by atoms with Gasteiger partial charge in [0, 0.05) is 0 Å². The van der Waals surface area contributed by atoms with E-state index in [-0.39, 0.29) is 17.1 Å². The smallest absolute Gasteiger partial charge is 0.418 e. The highest BCUT2D eigenvalue weighted by molar-refractivity contribution is 5.97. The summed E-state index contributed by atoms with van der Waals surface area (Å²) in [4.78, 5) is 51.1. The molecule has 0 atom stereocenters. The maximum atomic E-state index is 12.2. The normalized spacial score (nSPS) is 10.3. The molecule has 180 valence electrons. The first-order chi connectivity index (χ1) is 17.4. The van der Waals surface area contributed by atoms with Crippen LogP contribution in [0.15, 0.2) is 91.0 Å². The lowest BCUT2D eigenvalue weighted by atomic mass is 10.3. The number of carbonyl (C=O) groups is 3. The lowest BCUT2D eigenvalue weighted by molar-refractivity contribution is 0.203. The van der Waals surface area contributed by atoms with Crippen molar-refractivity contribution in [3.05, 3.63) is 91.0 Å². The molecule has 0 aliphatic heterocycles. The Morgan fingerprint density at radius 3 is 0.861 bits per heavy atom. The van der Waals surface area contributed by atoms with Gasteiger partial charge in [0.05, 0.1) is 17.1 Å². The van der Waals surface area contributed by atoms with Crippen LogP contribution in [-0.4, -0.2) is 48.6 Å². The predicted molar refractivity (Wildman–Crippen MR) is 130 cm³/mol. The standard InChI is InChI=1S/C24H18N6O6/c31-22(32)28(16-10-4-1-5-11-16)19-25-20(29(23(33)34)17-12-6-2-7-13-17)27-21(26-19)30(24(35)36)18-14-8-3-9-15-18/h1-15H,(H,31,32)(H,33,34)(H,35,36). The highest BCUT2D eigenvalue weighted by Crippen LogP contribution is 2.31. The number of benzene rings is 3. The van der Waals surface area contributed by atoms with E-state index < -0.39 is 36.1 Å². The Labute approximate surface area is 204 Å². The minimum atomic E-state index is -1.48. The molecule has 0 spiro atoms. The topological polar surface area (TPSA) is 160 Å². The van der Waals surface area contributed by atoms with Gasteiger partial charge in [-0.2, -0.15) is 15.0 Å². The van der Waals surface area contributed by atoms with Gasteiger partial charge in [0.15, 0.2) is 0 Å². The molecule has 1 aromatic heterocycles. The highest BCUT2D eigenvalue weighted by Gasteiger charge is 2.30. The summed E-state index contributed by atoms with van der Waals surface area (Å²) in [6.45, 7) is 0. The van der Waals surface area contributed by atoms with Crippen LogP contribution in [0.2, 0.25) is 0 Å². The van der Waals surface area contributed by atoms with Crippen molar-refractivity contribution in [2.75, 3.05) is 14.7 Å². The Bertz CT molecular complexity index is 1210. The lowest BCUT2D eigenvalue weighted by Gasteiger charge is -2.24. The number of rotatable bonds is 6. The van der Waals surface area contributed by atoms with Crippen molar-refractivity contribution in [2.45, 2.75) is 0 Å². The van der Waals surface area contributed by atoms with Gasteiger partial charge in [0.2, 0.25) is 17.8 Å². The molecule has 0 aliphatic carbocycles. The van der Waals surface area contributed by atoms with E-state index in [0.717, 1.165) is 0 Å². The summed E-state index contributed by atoms with van der Waals surface area (Å²) in [5, 5.41) is 29.9. The molecule has 0 fully saturated rings. The zero-order chi connectivity index (χ0) is 25.7. The molecule has 3 N–H and O–H groups in total. The van der Waals surface area contributed by atoms with Gasteiger partial charge >= 0.3 is 18.3 Å². The Morgan fingerprint density at radius 2 is 0.667 bits per heavy atom. The van der Waals surface area contributed by atoms with Crippen LogP contribution in [0.1, 0.15) is 0 Å². The van der Waals surface area contributed by atoms with Crippen molar-refractivity contribution >= 4 is 53.2 Å². The Balaban J connectivity index is 1.99. The minimum Gasteiger partial charge on any atom is -0.464 e. The van der Waals surface area contributed by atoms with E-state index in [4.69, 9.17) is 0 Å². The van der Waals surface area contributed by atoms with Crippen LogP contribution in [-0.2, 0) is 0 Å². The van der Waals surface area contributed by atoms with Gasteiger partial charge in [-0.1, -0.05) is 54.6 Å². The van der Waals surface area contributed by atoms with Crippen LogP contribution in [0.25, 0.3) is 0 Å². The zero-order valence-corrected chi connectivity index (χ0v) is 18.4. The molecule has 36 heavy (non-hydrogen) atoms. The van der Waals surface area contributed by atoms with Crippen molar-refractivity contribution in [1.29, 1.82) is 0 Å². The average molecular weight is 486 g/mol. The van der Waals surface area contributed by atoms with Crippen molar-refractivity contribution in [3.63, 3.8) is 0 Å². The Hall–Kier alpha value is -5.52. The number of aromatic nitrogens is 3.